The molecule has 0 amide bonds. The van der Waals surface area contributed by atoms with Gasteiger partial charge in [0.1, 0.15) is 11.9 Å². The molecule has 4 aliphatic carbocycles. The molecule has 0 aromatic rings. The fourth-order valence-electron chi connectivity index (χ4n) is 6.80. The van der Waals surface area contributed by atoms with Gasteiger partial charge in [-0.2, -0.15) is 0 Å². The fourth-order valence-corrected chi connectivity index (χ4v) is 6.80. The van der Waals surface area contributed by atoms with Crippen LogP contribution in [0.4, 0.5) is 4.39 Å². The molecule has 4 heteroatoms. The molecule has 128 valence electrons. The zero-order chi connectivity index (χ0) is 17.0. The molecule has 1 saturated heterocycles. The van der Waals surface area contributed by atoms with Gasteiger partial charge in [0.25, 0.3) is 0 Å². The average Bonchev–Trinajstić information content (AvgIpc) is 3.27. The van der Waals surface area contributed by atoms with Crippen LogP contribution in [-0.2, 0) is 14.3 Å². The number of hydrogen-bond donors (Lipinski definition) is 0. The number of hydrogen-bond acceptors (Lipinski definition) is 3. The van der Waals surface area contributed by atoms with E-state index < -0.39 is 23.1 Å². The van der Waals surface area contributed by atoms with Crippen molar-refractivity contribution in [3.8, 4) is 0 Å². The number of fused-ring (bicyclic) bond motifs is 7. The van der Waals surface area contributed by atoms with E-state index >= 15 is 0 Å². The minimum absolute atomic E-state index is 0.203. The number of rotatable bonds is 0. The van der Waals surface area contributed by atoms with Gasteiger partial charge in [-0.3, -0.25) is 9.59 Å². The van der Waals surface area contributed by atoms with Gasteiger partial charge in [-0.15, -0.1) is 0 Å². The van der Waals surface area contributed by atoms with E-state index in [1.807, 2.05) is 0 Å². The van der Waals surface area contributed by atoms with E-state index in [-0.39, 0.29) is 17.4 Å². The summed E-state index contributed by atoms with van der Waals surface area (Å²) < 4.78 is 20.4. The van der Waals surface area contributed by atoms with Crippen molar-refractivity contribution in [1.29, 1.82) is 0 Å². The minimum atomic E-state index is -0.615. The van der Waals surface area contributed by atoms with Crippen molar-refractivity contribution in [3.05, 3.63) is 23.6 Å². The second-order valence-corrected chi connectivity index (χ2v) is 8.92. The van der Waals surface area contributed by atoms with Gasteiger partial charge in [0.2, 0.25) is 5.78 Å². The van der Waals surface area contributed by atoms with E-state index in [0.717, 1.165) is 24.8 Å². The minimum Gasteiger partial charge on any atom is -0.360 e. The summed E-state index contributed by atoms with van der Waals surface area (Å²) in [5, 5.41) is 0. The number of carbonyl (C=O) groups excluding carboxylic acids is 2. The maximum absolute atomic E-state index is 14.8. The first-order valence-corrected chi connectivity index (χ1v) is 9.11. The lowest BCUT2D eigenvalue weighted by molar-refractivity contribution is -0.132. The van der Waals surface area contributed by atoms with Crippen LogP contribution in [0.25, 0.3) is 0 Å². The highest BCUT2D eigenvalue weighted by atomic mass is 19.1. The molecule has 0 bridgehead atoms. The summed E-state index contributed by atoms with van der Waals surface area (Å²) in [5.74, 6) is 0.266. The Kier molecular flexibility index (Phi) is 2.67. The molecule has 24 heavy (non-hydrogen) atoms. The molecule has 0 radical (unpaired) electrons. The van der Waals surface area contributed by atoms with E-state index in [9.17, 15) is 14.0 Å². The van der Waals surface area contributed by atoms with Gasteiger partial charge in [-0.05, 0) is 49.0 Å². The van der Waals surface area contributed by atoms with Gasteiger partial charge >= 0.3 is 0 Å². The highest BCUT2D eigenvalue weighted by Crippen LogP contribution is 2.68. The molecule has 5 aliphatic rings. The Hall–Kier alpha value is -1.29. The van der Waals surface area contributed by atoms with Crippen molar-refractivity contribution >= 4 is 11.6 Å². The molecule has 0 aromatic carbocycles. The van der Waals surface area contributed by atoms with Crippen LogP contribution in [0.15, 0.2) is 23.6 Å². The number of halogens is 1. The van der Waals surface area contributed by atoms with Gasteiger partial charge in [-0.25, -0.2) is 4.39 Å². The van der Waals surface area contributed by atoms with Gasteiger partial charge in [0.05, 0.1) is 0 Å². The molecule has 0 aromatic heterocycles. The third kappa shape index (κ3) is 1.48. The molecule has 0 spiro atoms. The summed E-state index contributed by atoms with van der Waals surface area (Å²) >= 11 is 0. The average molecular weight is 330 g/mol. The molecule has 4 fully saturated rings. The summed E-state index contributed by atoms with van der Waals surface area (Å²) in [6, 6.07) is 0. The number of ketones is 2. The molecule has 5 rings (SSSR count). The van der Waals surface area contributed by atoms with E-state index in [1.54, 1.807) is 0 Å². The molecule has 2 unspecified atom stereocenters. The summed E-state index contributed by atoms with van der Waals surface area (Å²) in [6.45, 7) is 8.33. The molecule has 3 saturated carbocycles. The van der Waals surface area contributed by atoms with E-state index in [4.69, 9.17) is 4.74 Å². The van der Waals surface area contributed by atoms with Crippen molar-refractivity contribution in [2.75, 3.05) is 0 Å². The first-order chi connectivity index (χ1) is 11.3. The van der Waals surface area contributed by atoms with Crippen molar-refractivity contribution < 1.29 is 18.7 Å². The molecule has 7 atom stereocenters. The highest BCUT2D eigenvalue weighted by Gasteiger charge is 2.70. The Bertz CT molecular complexity index is 737. The maximum atomic E-state index is 14.8. The highest BCUT2D eigenvalue weighted by molar-refractivity contribution is 6.02. The number of ether oxygens (including phenoxy) is 1. The Labute approximate surface area is 141 Å². The lowest BCUT2D eigenvalue weighted by Gasteiger charge is -2.56. The molecular formula is C20H23FO3. The normalized spacial score (nSPS) is 52.6. The van der Waals surface area contributed by atoms with Gasteiger partial charge in [0.15, 0.2) is 11.9 Å². The van der Waals surface area contributed by atoms with Gasteiger partial charge in [0, 0.05) is 22.8 Å². The summed E-state index contributed by atoms with van der Waals surface area (Å²) in [6.07, 6.45) is 3.31. The van der Waals surface area contributed by atoms with Crippen molar-refractivity contribution in [2.24, 2.45) is 28.6 Å². The Morgan fingerprint density at radius 2 is 1.96 bits per heavy atom. The predicted molar refractivity (Wildman–Crippen MR) is 85.7 cm³/mol. The third-order valence-corrected chi connectivity index (χ3v) is 8.07. The number of Topliss-reactive ketones (excluding diaryl/α,β-unsaturated/α-hetero) is 2. The van der Waals surface area contributed by atoms with E-state index in [2.05, 4.69) is 20.4 Å². The second kappa shape index (κ2) is 4.27. The zero-order valence-electron chi connectivity index (χ0n) is 14.2. The Morgan fingerprint density at radius 3 is 2.71 bits per heavy atom. The number of epoxide rings is 1. The van der Waals surface area contributed by atoms with Gasteiger partial charge < -0.3 is 4.74 Å². The van der Waals surface area contributed by atoms with Crippen LogP contribution in [0.1, 0.15) is 46.0 Å². The van der Waals surface area contributed by atoms with Crippen molar-refractivity contribution in [3.63, 3.8) is 0 Å². The Balaban J connectivity index is 1.63. The monoisotopic (exact) mass is 330 g/mol. The van der Waals surface area contributed by atoms with Gasteiger partial charge in [-0.1, -0.05) is 20.4 Å². The van der Waals surface area contributed by atoms with Crippen LogP contribution in [0, 0.1) is 28.6 Å². The predicted octanol–water partition coefficient (Wildman–Crippen LogP) is 3.54. The smallest absolute Gasteiger partial charge is 0.222 e. The molecule has 1 heterocycles. The van der Waals surface area contributed by atoms with Crippen molar-refractivity contribution in [1.82, 2.24) is 0 Å². The fraction of sp³-hybridized carbons (Fsp3) is 0.700. The summed E-state index contributed by atoms with van der Waals surface area (Å²) in [4.78, 5) is 24.6. The van der Waals surface area contributed by atoms with Crippen LogP contribution < -0.4 is 0 Å². The first kappa shape index (κ1) is 15.0. The number of carbonyl (C=O) groups is 2. The second-order valence-electron chi connectivity index (χ2n) is 8.92. The lowest BCUT2D eigenvalue weighted by Crippen LogP contribution is -2.54. The lowest BCUT2D eigenvalue weighted by atomic mass is 9.46. The van der Waals surface area contributed by atoms with Crippen molar-refractivity contribution in [2.45, 2.75) is 58.2 Å². The van der Waals surface area contributed by atoms with Crippen LogP contribution >= 0.6 is 0 Å². The molecule has 3 nitrogen and oxygen atoms in total. The first-order valence-electron chi connectivity index (χ1n) is 9.11. The number of allylic oxidation sites excluding steroid dienone is 1. The summed E-state index contributed by atoms with van der Waals surface area (Å²) in [7, 11) is 0. The maximum Gasteiger partial charge on any atom is 0.222 e. The third-order valence-electron chi connectivity index (χ3n) is 8.07. The van der Waals surface area contributed by atoms with E-state index in [1.165, 1.54) is 0 Å². The summed E-state index contributed by atoms with van der Waals surface area (Å²) in [5.41, 5.74) is 0.601. The molecular weight excluding hydrogens is 307 g/mol. The SMILES string of the molecule is C=C1C[C@H]2[C@@H]3CCC(=O)[C@@]3(C)CC[C@@H]2[C@]2(C)C1=C(F)C(=O)C1OC12. The molecule has 1 aliphatic heterocycles. The van der Waals surface area contributed by atoms with E-state index in [0.29, 0.717) is 36.0 Å². The topological polar surface area (TPSA) is 46.7 Å². The van der Waals surface area contributed by atoms with Crippen LogP contribution in [-0.4, -0.2) is 23.8 Å². The van der Waals surface area contributed by atoms with Crippen LogP contribution in [0.5, 0.6) is 0 Å². The standard InChI is InChI=1S/C20H23FO3/c1-9-8-10-11-4-5-13(22)19(11,2)7-6-12(10)20(3)14(9)15(21)16(23)17-18(20)24-17/h10-12,17-18H,1,4-8H2,2-3H3/t10-,11-,12-,17?,18?,19-,20+/m0/s1. The van der Waals surface area contributed by atoms with Crippen LogP contribution in [0.3, 0.4) is 0 Å². The Morgan fingerprint density at radius 1 is 1.21 bits per heavy atom. The molecule has 0 N–H and O–H groups in total. The zero-order valence-corrected chi connectivity index (χ0v) is 14.2. The largest absolute Gasteiger partial charge is 0.360 e. The van der Waals surface area contributed by atoms with Crippen LogP contribution in [0.2, 0.25) is 0 Å². The quantitative estimate of drug-likeness (QED) is 0.638.